The Kier molecular flexibility index (Phi) is 4.56. The van der Waals surface area contributed by atoms with Gasteiger partial charge in [-0.2, -0.15) is 0 Å². The monoisotopic (exact) mass is 315 g/mol. The Morgan fingerprint density at radius 2 is 2.22 bits per heavy atom. The number of carbonyl (C=O) groups is 1. The lowest BCUT2D eigenvalue weighted by Crippen LogP contribution is -2.29. The van der Waals surface area contributed by atoms with Gasteiger partial charge in [0.15, 0.2) is 0 Å². The van der Waals surface area contributed by atoms with E-state index >= 15 is 0 Å². The summed E-state index contributed by atoms with van der Waals surface area (Å²) in [5, 5.41) is 0. The van der Waals surface area contributed by atoms with E-state index in [1.807, 2.05) is 0 Å². The number of rotatable bonds is 5. The second kappa shape index (κ2) is 6.95. The van der Waals surface area contributed by atoms with Crippen molar-refractivity contribution < 1.29 is 18.7 Å². The van der Waals surface area contributed by atoms with E-state index in [1.54, 1.807) is 35.6 Å². The molecule has 1 saturated heterocycles. The van der Waals surface area contributed by atoms with E-state index < -0.39 is 0 Å². The summed E-state index contributed by atoms with van der Waals surface area (Å²) >= 11 is 0. The molecule has 1 aliphatic heterocycles. The number of hydrogen-bond donors (Lipinski definition) is 0. The van der Waals surface area contributed by atoms with E-state index in [-0.39, 0.29) is 12.0 Å². The Balaban J connectivity index is 1.57. The summed E-state index contributed by atoms with van der Waals surface area (Å²) < 4.78 is 16.1. The molecule has 0 radical (unpaired) electrons. The number of ether oxygens (including phenoxy) is 2. The van der Waals surface area contributed by atoms with Gasteiger partial charge in [-0.3, -0.25) is 4.79 Å². The quantitative estimate of drug-likeness (QED) is 0.783. The van der Waals surface area contributed by atoms with Crippen molar-refractivity contribution in [3.63, 3.8) is 0 Å². The van der Waals surface area contributed by atoms with Gasteiger partial charge in [-0.1, -0.05) is 0 Å². The van der Waals surface area contributed by atoms with Gasteiger partial charge in [0.05, 0.1) is 19.9 Å². The van der Waals surface area contributed by atoms with Crippen LogP contribution in [0.4, 0.5) is 0 Å². The Labute approximate surface area is 133 Å². The predicted molar refractivity (Wildman–Crippen MR) is 81.9 cm³/mol. The molecule has 2 aromatic rings. The number of furan rings is 1. The third-order valence-electron chi connectivity index (χ3n) is 3.49. The second-order valence-corrected chi connectivity index (χ2v) is 5.03. The summed E-state index contributed by atoms with van der Waals surface area (Å²) in [6.07, 6.45) is 8.42. The number of nitrogens with zero attached hydrogens (tertiary/aromatic N) is 3. The molecule has 1 fully saturated rings. The predicted octanol–water partition coefficient (Wildman–Crippen LogP) is 1.77. The highest BCUT2D eigenvalue weighted by Crippen LogP contribution is 2.24. The Morgan fingerprint density at radius 3 is 2.96 bits per heavy atom. The molecule has 1 amide bonds. The molecule has 7 nitrogen and oxygen atoms in total. The second-order valence-electron chi connectivity index (χ2n) is 5.03. The van der Waals surface area contributed by atoms with Crippen LogP contribution in [0.3, 0.4) is 0 Å². The van der Waals surface area contributed by atoms with Gasteiger partial charge < -0.3 is 18.8 Å². The van der Waals surface area contributed by atoms with Crippen molar-refractivity contribution in [3.8, 4) is 11.8 Å². The third kappa shape index (κ3) is 3.68. The normalized spacial score (nSPS) is 17.6. The van der Waals surface area contributed by atoms with E-state index in [0.717, 1.165) is 6.42 Å². The van der Waals surface area contributed by atoms with Crippen LogP contribution in [0.2, 0.25) is 0 Å². The van der Waals surface area contributed by atoms with Crippen LogP contribution in [0.1, 0.15) is 12.2 Å². The number of amides is 1. The zero-order valence-electron chi connectivity index (χ0n) is 12.7. The van der Waals surface area contributed by atoms with E-state index in [9.17, 15) is 4.79 Å². The first-order valence-corrected chi connectivity index (χ1v) is 7.28. The molecular formula is C16H17N3O4. The largest absolute Gasteiger partial charge is 0.477 e. The maximum Gasteiger partial charge on any atom is 0.278 e. The molecule has 23 heavy (non-hydrogen) atoms. The molecule has 120 valence electrons. The zero-order chi connectivity index (χ0) is 16.1. The van der Waals surface area contributed by atoms with Crippen molar-refractivity contribution in [2.75, 3.05) is 20.2 Å². The fourth-order valence-electron chi connectivity index (χ4n) is 2.36. The lowest BCUT2D eigenvalue weighted by molar-refractivity contribution is -0.125. The molecule has 0 bridgehead atoms. The molecule has 1 unspecified atom stereocenters. The van der Waals surface area contributed by atoms with Gasteiger partial charge in [0, 0.05) is 31.4 Å². The average Bonchev–Trinajstić information content (AvgIpc) is 3.25. The number of likely N-dealkylation sites (tertiary alicyclic amines) is 1. The number of aromatic nitrogens is 2. The van der Waals surface area contributed by atoms with Gasteiger partial charge in [-0.15, -0.1) is 0 Å². The fourth-order valence-corrected chi connectivity index (χ4v) is 2.36. The van der Waals surface area contributed by atoms with Crippen LogP contribution in [0.25, 0.3) is 6.08 Å². The highest BCUT2D eigenvalue weighted by atomic mass is 16.5. The third-order valence-corrected chi connectivity index (χ3v) is 3.49. The van der Waals surface area contributed by atoms with Crippen LogP contribution in [0.5, 0.6) is 11.8 Å². The molecular weight excluding hydrogens is 298 g/mol. The maximum absolute atomic E-state index is 12.2. The van der Waals surface area contributed by atoms with Gasteiger partial charge in [0.1, 0.15) is 11.9 Å². The van der Waals surface area contributed by atoms with Crippen molar-refractivity contribution in [1.29, 1.82) is 0 Å². The van der Waals surface area contributed by atoms with Crippen molar-refractivity contribution in [1.82, 2.24) is 14.9 Å². The van der Waals surface area contributed by atoms with Crippen LogP contribution in [0, 0.1) is 0 Å². The average molecular weight is 315 g/mol. The highest BCUT2D eigenvalue weighted by molar-refractivity contribution is 5.91. The molecule has 3 heterocycles. The molecule has 7 heteroatoms. The Morgan fingerprint density at radius 1 is 1.39 bits per heavy atom. The Bertz CT molecular complexity index is 684. The summed E-state index contributed by atoms with van der Waals surface area (Å²) in [7, 11) is 1.51. The zero-order valence-corrected chi connectivity index (χ0v) is 12.7. The molecule has 3 rings (SSSR count). The van der Waals surface area contributed by atoms with Gasteiger partial charge in [-0.05, 0) is 18.2 Å². The lowest BCUT2D eigenvalue weighted by atomic mass is 10.3. The molecule has 1 aliphatic rings. The molecule has 1 atom stereocenters. The molecule has 0 N–H and O–H groups in total. The molecule has 0 spiro atoms. The van der Waals surface area contributed by atoms with Crippen molar-refractivity contribution in [3.05, 3.63) is 42.6 Å². The first kappa shape index (κ1) is 15.1. The van der Waals surface area contributed by atoms with Crippen LogP contribution in [-0.4, -0.2) is 47.1 Å². The van der Waals surface area contributed by atoms with Gasteiger partial charge in [0.25, 0.3) is 11.8 Å². The molecule has 0 aromatic carbocycles. The summed E-state index contributed by atoms with van der Waals surface area (Å²) in [6, 6.07) is 3.57. The highest BCUT2D eigenvalue weighted by Gasteiger charge is 2.27. The van der Waals surface area contributed by atoms with Crippen molar-refractivity contribution in [2.45, 2.75) is 12.5 Å². The summed E-state index contributed by atoms with van der Waals surface area (Å²) in [6.45, 7) is 1.13. The topological polar surface area (TPSA) is 77.7 Å². The minimum atomic E-state index is -0.124. The van der Waals surface area contributed by atoms with Crippen LogP contribution < -0.4 is 9.47 Å². The van der Waals surface area contributed by atoms with Crippen molar-refractivity contribution >= 4 is 12.0 Å². The molecule has 0 aliphatic carbocycles. The maximum atomic E-state index is 12.2. The molecule has 0 saturated carbocycles. The van der Waals surface area contributed by atoms with E-state index in [2.05, 4.69) is 9.97 Å². The van der Waals surface area contributed by atoms with Crippen LogP contribution in [0.15, 0.2) is 41.3 Å². The van der Waals surface area contributed by atoms with Crippen molar-refractivity contribution in [2.24, 2.45) is 0 Å². The lowest BCUT2D eigenvalue weighted by Gasteiger charge is -2.15. The van der Waals surface area contributed by atoms with E-state index in [1.165, 1.54) is 19.4 Å². The van der Waals surface area contributed by atoms with Gasteiger partial charge >= 0.3 is 0 Å². The number of methoxy groups -OCH3 is 1. The first-order valence-electron chi connectivity index (χ1n) is 7.28. The minimum absolute atomic E-state index is 0.0707. The summed E-state index contributed by atoms with van der Waals surface area (Å²) in [5.41, 5.74) is 0. The SMILES string of the molecule is COc1nccnc1OC1CCN(C(=O)/C=C/c2ccco2)C1. The minimum Gasteiger partial charge on any atom is -0.477 e. The van der Waals surface area contributed by atoms with Crippen LogP contribution >= 0.6 is 0 Å². The van der Waals surface area contributed by atoms with Gasteiger partial charge in [-0.25, -0.2) is 9.97 Å². The first-order chi connectivity index (χ1) is 11.3. The number of carbonyl (C=O) groups excluding carboxylic acids is 1. The summed E-state index contributed by atoms with van der Waals surface area (Å²) in [4.78, 5) is 22.0. The van der Waals surface area contributed by atoms with E-state index in [4.69, 9.17) is 13.9 Å². The number of hydrogen-bond acceptors (Lipinski definition) is 6. The standard InChI is InChI=1S/C16H17N3O4/c1-21-15-16(18-8-7-17-15)23-13-6-9-19(11-13)14(20)5-4-12-3-2-10-22-12/h2-5,7-8,10,13H,6,9,11H2,1H3/b5-4+. The Hall–Kier alpha value is -2.83. The summed E-state index contributed by atoms with van der Waals surface area (Å²) in [5.74, 6) is 1.27. The van der Waals surface area contributed by atoms with E-state index in [0.29, 0.717) is 30.6 Å². The smallest absolute Gasteiger partial charge is 0.278 e. The van der Waals surface area contributed by atoms with Gasteiger partial charge in [0.2, 0.25) is 5.91 Å². The fraction of sp³-hybridized carbons (Fsp3) is 0.312. The molecule has 2 aromatic heterocycles. The van der Waals surface area contributed by atoms with Crippen LogP contribution in [-0.2, 0) is 4.79 Å².